The number of carbonyl (C=O) groups is 1. The third-order valence-corrected chi connectivity index (χ3v) is 3.22. The second kappa shape index (κ2) is 5.03. The smallest absolute Gasteiger partial charge is 0.329 e. The summed E-state index contributed by atoms with van der Waals surface area (Å²) in [7, 11) is 0. The largest absolute Gasteiger partial charge is 0.480 e. The van der Waals surface area contributed by atoms with Crippen LogP contribution in [0.15, 0.2) is 12.4 Å². The lowest BCUT2D eigenvalue weighted by molar-refractivity contribution is -0.142. The third kappa shape index (κ3) is 3.13. The lowest BCUT2D eigenvalue weighted by atomic mass is 9.96. The summed E-state index contributed by atoms with van der Waals surface area (Å²) in [5.74, 6) is 0.202. The fourth-order valence-electron chi connectivity index (χ4n) is 1.97. The van der Waals surface area contributed by atoms with Crippen LogP contribution in [0.4, 0.5) is 5.82 Å². The molecule has 19 heavy (non-hydrogen) atoms. The van der Waals surface area contributed by atoms with Gasteiger partial charge in [0.25, 0.3) is 0 Å². The highest BCUT2D eigenvalue weighted by molar-refractivity contribution is 5.82. The topological polar surface area (TPSA) is 84.3 Å². The molecule has 0 radical (unpaired) electrons. The normalized spacial score (nSPS) is 17.9. The van der Waals surface area contributed by atoms with E-state index in [-0.39, 0.29) is 12.0 Å². The van der Waals surface area contributed by atoms with Crippen molar-refractivity contribution in [2.45, 2.75) is 45.3 Å². The van der Waals surface area contributed by atoms with E-state index in [1.807, 2.05) is 13.8 Å². The van der Waals surface area contributed by atoms with E-state index in [4.69, 9.17) is 4.74 Å². The SMILES string of the molecule is CC(C)Oc1cc(NC(C)(C(=O)O)C2CC2)ncn1. The van der Waals surface area contributed by atoms with Gasteiger partial charge in [-0.05, 0) is 39.5 Å². The molecule has 0 bridgehead atoms. The molecule has 1 aromatic rings. The van der Waals surface area contributed by atoms with Gasteiger partial charge in [-0.2, -0.15) is 0 Å². The first-order chi connectivity index (χ1) is 8.91. The van der Waals surface area contributed by atoms with Gasteiger partial charge in [0.15, 0.2) is 0 Å². The molecular weight excluding hydrogens is 246 g/mol. The van der Waals surface area contributed by atoms with Gasteiger partial charge in [-0.1, -0.05) is 0 Å². The van der Waals surface area contributed by atoms with Crippen LogP contribution in [0.3, 0.4) is 0 Å². The number of aliphatic carboxylic acids is 1. The minimum absolute atomic E-state index is 0.0111. The average molecular weight is 265 g/mol. The zero-order valence-corrected chi connectivity index (χ0v) is 11.4. The molecule has 104 valence electrons. The quantitative estimate of drug-likeness (QED) is 0.817. The first-order valence-electron chi connectivity index (χ1n) is 6.42. The van der Waals surface area contributed by atoms with E-state index in [0.717, 1.165) is 12.8 Å². The molecule has 6 nitrogen and oxygen atoms in total. The Morgan fingerprint density at radius 2 is 2.21 bits per heavy atom. The Morgan fingerprint density at radius 1 is 1.53 bits per heavy atom. The Bertz CT molecular complexity index is 474. The third-order valence-electron chi connectivity index (χ3n) is 3.22. The van der Waals surface area contributed by atoms with E-state index < -0.39 is 11.5 Å². The Kier molecular flexibility index (Phi) is 3.59. The molecule has 2 N–H and O–H groups in total. The molecule has 1 unspecified atom stereocenters. The number of rotatable bonds is 6. The molecule has 1 atom stereocenters. The maximum absolute atomic E-state index is 11.4. The highest BCUT2D eigenvalue weighted by atomic mass is 16.5. The van der Waals surface area contributed by atoms with Crippen molar-refractivity contribution in [2.75, 3.05) is 5.32 Å². The minimum Gasteiger partial charge on any atom is -0.480 e. The number of anilines is 1. The maximum atomic E-state index is 11.4. The van der Waals surface area contributed by atoms with Gasteiger partial charge in [0.05, 0.1) is 6.10 Å². The Balaban J connectivity index is 2.15. The summed E-state index contributed by atoms with van der Waals surface area (Å²) >= 11 is 0. The van der Waals surface area contributed by atoms with Gasteiger partial charge in [0, 0.05) is 6.07 Å². The molecule has 0 aromatic carbocycles. The van der Waals surface area contributed by atoms with Gasteiger partial charge in [-0.25, -0.2) is 14.8 Å². The van der Waals surface area contributed by atoms with Crippen LogP contribution in [0.2, 0.25) is 0 Å². The summed E-state index contributed by atoms with van der Waals surface area (Å²) in [6.07, 6.45) is 3.24. The lowest BCUT2D eigenvalue weighted by Gasteiger charge is -2.26. The fourth-order valence-corrected chi connectivity index (χ4v) is 1.97. The van der Waals surface area contributed by atoms with Gasteiger partial charge < -0.3 is 15.2 Å². The van der Waals surface area contributed by atoms with E-state index in [1.54, 1.807) is 13.0 Å². The van der Waals surface area contributed by atoms with Crippen molar-refractivity contribution in [2.24, 2.45) is 5.92 Å². The van der Waals surface area contributed by atoms with E-state index >= 15 is 0 Å². The van der Waals surface area contributed by atoms with Crippen LogP contribution in [-0.4, -0.2) is 32.7 Å². The molecular formula is C13H19N3O3. The van der Waals surface area contributed by atoms with Gasteiger partial charge in [-0.3, -0.25) is 0 Å². The number of nitrogens with one attached hydrogen (secondary N) is 1. The van der Waals surface area contributed by atoms with Crippen LogP contribution in [0, 0.1) is 5.92 Å². The number of carboxylic acid groups (broad SMARTS) is 1. The first kappa shape index (κ1) is 13.6. The number of aromatic nitrogens is 2. The highest BCUT2D eigenvalue weighted by Gasteiger charge is 2.47. The molecule has 1 aliphatic rings. The summed E-state index contributed by atoms with van der Waals surface area (Å²) in [5.41, 5.74) is -0.983. The van der Waals surface area contributed by atoms with Gasteiger partial charge in [0.2, 0.25) is 5.88 Å². The van der Waals surface area contributed by atoms with E-state index in [2.05, 4.69) is 15.3 Å². The zero-order valence-electron chi connectivity index (χ0n) is 11.4. The number of carboxylic acids is 1. The predicted octanol–water partition coefficient (Wildman–Crippen LogP) is 1.93. The highest BCUT2D eigenvalue weighted by Crippen LogP contribution is 2.41. The molecule has 2 rings (SSSR count). The fraction of sp³-hybridized carbons (Fsp3) is 0.615. The number of hydrogen-bond donors (Lipinski definition) is 2. The predicted molar refractivity (Wildman–Crippen MR) is 70.2 cm³/mol. The van der Waals surface area contributed by atoms with Crippen molar-refractivity contribution in [3.05, 3.63) is 12.4 Å². The molecule has 0 spiro atoms. The number of hydrogen-bond acceptors (Lipinski definition) is 5. The summed E-state index contributed by atoms with van der Waals surface area (Å²) in [4.78, 5) is 19.5. The van der Waals surface area contributed by atoms with Crippen molar-refractivity contribution < 1.29 is 14.6 Å². The number of nitrogens with zero attached hydrogens (tertiary/aromatic N) is 2. The van der Waals surface area contributed by atoms with Crippen LogP contribution in [-0.2, 0) is 4.79 Å². The Hall–Kier alpha value is -1.85. The average Bonchev–Trinajstić information content (AvgIpc) is 3.11. The second-order valence-electron chi connectivity index (χ2n) is 5.31. The van der Waals surface area contributed by atoms with E-state index in [9.17, 15) is 9.90 Å². The van der Waals surface area contributed by atoms with Gasteiger partial charge in [0.1, 0.15) is 17.7 Å². The summed E-state index contributed by atoms with van der Waals surface area (Å²) in [6, 6.07) is 1.63. The maximum Gasteiger partial charge on any atom is 0.329 e. The van der Waals surface area contributed by atoms with Crippen molar-refractivity contribution in [1.82, 2.24) is 9.97 Å². The minimum atomic E-state index is -0.983. The van der Waals surface area contributed by atoms with E-state index in [0.29, 0.717) is 11.7 Å². The number of ether oxygens (including phenoxy) is 1. The van der Waals surface area contributed by atoms with Crippen LogP contribution < -0.4 is 10.1 Å². The van der Waals surface area contributed by atoms with Crippen molar-refractivity contribution >= 4 is 11.8 Å². The van der Waals surface area contributed by atoms with Crippen molar-refractivity contribution in [3.8, 4) is 5.88 Å². The van der Waals surface area contributed by atoms with Crippen molar-refractivity contribution in [1.29, 1.82) is 0 Å². The molecule has 1 heterocycles. The molecule has 0 amide bonds. The second-order valence-corrected chi connectivity index (χ2v) is 5.31. The van der Waals surface area contributed by atoms with Crippen LogP contribution in [0.5, 0.6) is 5.88 Å². The molecule has 1 saturated carbocycles. The molecule has 1 aliphatic carbocycles. The Morgan fingerprint density at radius 3 is 2.74 bits per heavy atom. The van der Waals surface area contributed by atoms with E-state index in [1.165, 1.54) is 6.33 Å². The molecule has 1 aromatic heterocycles. The molecule has 6 heteroatoms. The summed E-state index contributed by atoms with van der Waals surface area (Å²) < 4.78 is 5.47. The summed E-state index contributed by atoms with van der Waals surface area (Å²) in [6.45, 7) is 5.50. The molecule has 1 fully saturated rings. The summed E-state index contributed by atoms with van der Waals surface area (Å²) in [5, 5.41) is 12.4. The van der Waals surface area contributed by atoms with Crippen LogP contribution >= 0.6 is 0 Å². The molecule has 0 saturated heterocycles. The Labute approximate surface area is 112 Å². The molecule has 0 aliphatic heterocycles. The van der Waals surface area contributed by atoms with Gasteiger partial charge in [-0.15, -0.1) is 0 Å². The van der Waals surface area contributed by atoms with Crippen LogP contribution in [0.25, 0.3) is 0 Å². The first-order valence-corrected chi connectivity index (χ1v) is 6.42. The lowest BCUT2D eigenvalue weighted by Crippen LogP contribution is -2.45. The standard InChI is InChI=1S/C13H19N3O3/c1-8(2)19-11-6-10(14-7-15-11)16-13(3,12(17)18)9-4-5-9/h6-9H,4-5H2,1-3H3,(H,17,18)(H,14,15,16). The van der Waals surface area contributed by atoms with Crippen LogP contribution in [0.1, 0.15) is 33.6 Å². The van der Waals surface area contributed by atoms with Crippen molar-refractivity contribution in [3.63, 3.8) is 0 Å². The van der Waals surface area contributed by atoms with Gasteiger partial charge >= 0.3 is 5.97 Å². The monoisotopic (exact) mass is 265 g/mol. The zero-order chi connectivity index (χ0) is 14.0.